The summed E-state index contributed by atoms with van der Waals surface area (Å²) < 4.78 is 0.959. The number of nitrogen functional groups attached to an aromatic ring is 1. The van der Waals surface area contributed by atoms with E-state index in [1.807, 2.05) is 18.2 Å². The van der Waals surface area contributed by atoms with Gasteiger partial charge in [-0.05, 0) is 34.5 Å². The van der Waals surface area contributed by atoms with Gasteiger partial charge in [0.1, 0.15) is 5.82 Å². The smallest absolute Gasteiger partial charge is 0.151 e. The van der Waals surface area contributed by atoms with Crippen molar-refractivity contribution in [1.82, 2.24) is 9.97 Å². The molecule has 0 aliphatic heterocycles. The van der Waals surface area contributed by atoms with E-state index in [0.717, 1.165) is 34.0 Å². The molecule has 0 saturated heterocycles. The molecular formula is C11H13BrN4. The van der Waals surface area contributed by atoms with Crippen LogP contribution in [0.25, 0.3) is 10.9 Å². The lowest BCUT2D eigenvalue weighted by atomic mass is 10.2. The number of anilines is 1. The molecule has 1 aromatic heterocycles. The molecule has 0 fully saturated rings. The lowest BCUT2D eigenvalue weighted by molar-refractivity contribution is 0.844. The van der Waals surface area contributed by atoms with Gasteiger partial charge in [0.2, 0.25) is 0 Å². The van der Waals surface area contributed by atoms with Gasteiger partial charge in [0.25, 0.3) is 0 Å². The fourth-order valence-corrected chi connectivity index (χ4v) is 2.06. The van der Waals surface area contributed by atoms with Crippen molar-refractivity contribution in [1.29, 1.82) is 0 Å². The second-order valence-corrected chi connectivity index (χ2v) is 4.37. The third kappa shape index (κ3) is 2.01. The summed E-state index contributed by atoms with van der Waals surface area (Å²) >= 11 is 3.49. The van der Waals surface area contributed by atoms with Crippen molar-refractivity contribution >= 4 is 32.7 Å². The van der Waals surface area contributed by atoms with Gasteiger partial charge in [-0.1, -0.05) is 13.0 Å². The monoisotopic (exact) mass is 280 g/mol. The number of aryl methyl sites for hydroxylation is 1. The number of nitrogens with one attached hydrogen (secondary N) is 1. The van der Waals surface area contributed by atoms with E-state index in [1.165, 1.54) is 0 Å². The summed E-state index contributed by atoms with van der Waals surface area (Å²) in [4.78, 5) is 8.90. The first-order valence-corrected chi connectivity index (χ1v) is 5.97. The van der Waals surface area contributed by atoms with Crippen molar-refractivity contribution < 1.29 is 0 Å². The number of rotatable bonds is 3. The van der Waals surface area contributed by atoms with Crippen LogP contribution in [0.15, 0.2) is 22.7 Å². The zero-order valence-electron chi connectivity index (χ0n) is 9.00. The Morgan fingerprint density at radius 3 is 2.88 bits per heavy atom. The Morgan fingerprint density at radius 1 is 1.38 bits per heavy atom. The molecule has 16 heavy (non-hydrogen) atoms. The molecule has 0 atom stereocenters. The number of hydrogen-bond acceptors (Lipinski definition) is 4. The van der Waals surface area contributed by atoms with Crippen LogP contribution in [-0.4, -0.2) is 9.97 Å². The molecule has 0 saturated carbocycles. The standard InChI is InChI=1S/C11H13BrN4/c1-2-4-9-14-10-7(11(15-9)16-13)5-3-6-8(10)12/h3,5-6H,2,4,13H2,1H3,(H,14,15,16). The molecule has 2 rings (SSSR count). The maximum Gasteiger partial charge on any atom is 0.151 e. The van der Waals surface area contributed by atoms with Gasteiger partial charge in [0, 0.05) is 16.3 Å². The van der Waals surface area contributed by atoms with Crippen LogP contribution in [0.1, 0.15) is 19.2 Å². The Labute approximate surface area is 102 Å². The van der Waals surface area contributed by atoms with Crippen LogP contribution < -0.4 is 11.3 Å². The highest BCUT2D eigenvalue weighted by molar-refractivity contribution is 9.10. The molecule has 2 aromatic rings. The molecule has 0 aliphatic rings. The number of halogens is 1. The van der Waals surface area contributed by atoms with E-state index < -0.39 is 0 Å². The topological polar surface area (TPSA) is 63.8 Å². The predicted molar refractivity (Wildman–Crippen MR) is 69.0 cm³/mol. The number of nitrogens with two attached hydrogens (primary N) is 1. The van der Waals surface area contributed by atoms with Crippen molar-refractivity contribution in [2.75, 3.05) is 5.43 Å². The van der Waals surface area contributed by atoms with Gasteiger partial charge in [-0.3, -0.25) is 0 Å². The van der Waals surface area contributed by atoms with E-state index in [9.17, 15) is 0 Å². The predicted octanol–water partition coefficient (Wildman–Crippen LogP) is 2.63. The molecule has 84 valence electrons. The maximum absolute atomic E-state index is 5.48. The summed E-state index contributed by atoms with van der Waals surface area (Å²) in [7, 11) is 0. The van der Waals surface area contributed by atoms with Crippen molar-refractivity contribution in [2.24, 2.45) is 5.84 Å². The van der Waals surface area contributed by atoms with Crippen LogP contribution in [0.3, 0.4) is 0 Å². The van der Waals surface area contributed by atoms with Crippen LogP contribution >= 0.6 is 15.9 Å². The minimum Gasteiger partial charge on any atom is -0.308 e. The Kier molecular flexibility index (Phi) is 3.36. The zero-order chi connectivity index (χ0) is 11.5. The van der Waals surface area contributed by atoms with Gasteiger partial charge < -0.3 is 5.43 Å². The van der Waals surface area contributed by atoms with E-state index in [1.54, 1.807) is 0 Å². The molecule has 4 nitrogen and oxygen atoms in total. The first-order valence-electron chi connectivity index (χ1n) is 5.18. The highest BCUT2D eigenvalue weighted by Gasteiger charge is 2.08. The van der Waals surface area contributed by atoms with Gasteiger partial charge in [0.05, 0.1) is 5.52 Å². The molecule has 1 aromatic carbocycles. The highest BCUT2D eigenvalue weighted by Crippen LogP contribution is 2.26. The molecule has 0 radical (unpaired) electrons. The van der Waals surface area contributed by atoms with Crippen molar-refractivity contribution in [3.05, 3.63) is 28.5 Å². The Hall–Kier alpha value is -1.20. The summed E-state index contributed by atoms with van der Waals surface area (Å²) in [6.45, 7) is 2.10. The van der Waals surface area contributed by atoms with Gasteiger partial charge in [-0.25, -0.2) is 15.8 Å². The minimum atomic E-state index is 0.676. The number of hydrogen-bond donors (Lipinski definition) is 2. The Bertz CT molecular complexity index is 513. The van der Waals surface area contributed by atoms with E-state index in [-0.39, 0.29) is 0 Å². The van der Waals surface area contributed by atoms with Gasteiger partial charge in [-0.15, -0.1) is 0 Å². The Morgan fingerprint density at radius 2 is 2.19 bits per heavy atom. The van der Waals surface area contributed by atoms with E-state index in [4.69, 9.17) is 5.84 Å². The van der Waals surface area contributed by atoms with Crippen LogP contribution in [0.4, 0.5) is 5.82 Å². The SMILES string of the molecule is CCCc1nc(NN)c2cccc(Br)c2n1. The summed E-state index contributed by atoms with van der Waals surface area (Å²) in [6.07, 6.45) is 1.87. The second-order valence-electron chi connectivity index (χ2n) is 3.52. The fourth-order valence-electron chi connectivity index (χ4n) is 1.61. The number of fused-ring (bicyclic) bond motifs is 1. The first kappa shape index (κ1) is 11.3. The van der Waals surface area contributed by atoms with Gasteiger partial charge in [-0.2, -0.15) is 0 Å². The minimum absolute atomic E-state index is 0.676. The number of benzene rings is 1. The van der Waals surface area contributed by atoms with Gasteiger partial charge in [0.15, 0.2) is 5.82 Å². The van der Waals surface area contributed by atoms with Crippen LogP contribution in [0, 0.1) is 0 Å². The summed E-state index contributed by atoms with van der Waals surface area (Å²) in [5.41, 5.74) is 3.52. The number of nitrogens with zero attached hydrogens (tertiary/aromatic N) is 2. The molecule has 0 bridgehead atoms. The third-order valence-corrected chi connectivity index (χ3v) is 2.97. The third-order valence-electron chi connectivity index (χ3n) is 2.33. The van der Waals surface area contributed by atoms with E-state index >= 15 is 0 Å². The van der Waals surface area contributed by atoms with Crippen molar-refractivity contribution in [3.8, 4) is 0 Å². The van der Waals surface area contributed by atoms with Crippen LogP contribution in [0.5, 0.6) is 0 Å². The molecule has 0 spiro atoms. The first-order chi connectivity index (χ1) is 7.76. The lowest BCUT2D eigenvalue weighted by Crippen LogP contribution is -2.11. The van der Waals surface area contributed by atoms with Crippen LogP contribution in [0.2, 0.25) is 0 Å². The average molecular weight is 281 g/mol. The Balaban J connectivity index is 2.69. The largest absolute Gasteiger partial charge is 0.308 e. The number of hydrazine groups is 1. The molecule has 3 N–H and O–H groups in total. The average Bonchev–Trinajstić information content (AvgIpc) is 2.30. The summed E-state index contributed by atoms with van der Waals surface area (Å²) in [6, 6.07) is 5.85. The normalized spacial score (nSPS) is 10.7. The quantitative estimate of drug-likeness (QED) is 0.670. The highest BCUT2D eigenvalue weighted by atomic mass is 79.9. The number of aromatic nitrogens is 2. The van der Waals surface area contributed by atoms with Gasteiger partial charge >= 0.3 is 0 Å². The molecule has 5 heteroatoms. The fraction of sp³-hybridized carbons (Fsp3) is 0.273. The summed E-state index contributed by atoms with van der Waals surface area (Å²) in [5, 5.41) is 0.928. The van der Waals surface area contributed by atoms with Crippen molar-refractivity contribution in [2.45, 2.75) is 19.8 Å². The molecule has 1 heterocycles. The van der Waals surface area contributed by atoms with Crippen LogP contribution in [-0.2, 0) is 6.42 Å². The number of para-hydroxylation sites is 1. The van der Waals surface area contributed by atoms with Crippen molar-refractivity contribution in [3.63, 3.8) is 0 Å². The summed E-state index contributed by atoms with van der Waals surface area (Å²) in [5.74, 6) is 6.97. The maximum atomic E-state index is 5.48. The molecule has 0 unspecified atom stereocenters. The lowest BCUT2D eigenvalue weighted by Gasteiger charge is -2.08. The second kappa shape index (κ2) is 4.76. The van der Waals surface area contributed by atoms with E-state index in [2.05, 4.69) is 38.2 Å². The molecular weight excluding hydrogens is 268 g/mol. The molecule has 0 aliphatic carbocycles. The van der Waals surface area contributed by atoms with E-state index in [0.29, 0.717) is 5.82 Å². The molecule has 0 amide bonds. The zero-order valence-corrected chi connectivity index (χ0v) is 10.6.